The largest absolute Gasteiger partial charge is 0.486 e. The van der Waals surface area contributed by atoms with Gasteiger partial charge in [0.05, 0.1) is 0 Å². The molecule has 6 heteroatoms. The Morgan fingerprint density at radius 1 is 1.29 bits per heavy atom. The number of benzene rings is 1. The van der Waals surface area contributed by atoms with Crippen molar-refractivity contribution in [2.24, 2.45) is 0 Å². The van der Waals surface area contributed by atoms with Crippen LogP contribution >= 0.6 is 0 Å². The lowest BCUT2D eigenvalue weighted by Gasteiger charge is -2.26. The highest BCUT2D eigenvalue weighted by molar-refractivity contribution is 5.95. The molecule has 1 aliphatic rings. The highest BCUT2D eigenvalue weighted by Crippen LogP contribution is 2.31. The normalized spacial score (nSPS) is 15.8. The summed E-state index contributed by atoms with van der Waals surface area (Å²) in [5.74, 6) is 1.08. The summed E-state index contributed by atoms with van der Waals surface area (Å²) in [6.45, 7) is 4.39. The zero-order valence-electron chi connectivity index (χ0n) is 13.7. The number of ether oxygens (including phenoxy) is 2. The molecular weight excluding hydrogens is 308 g/mol. The summed E-state index contributed by atoms with van der Waals surface area (Å²) >= 11 is 0. The molecule has 0 saturated heterocycles. The molecule has 2 N–H and O–H groups in total. The zero-order chi connectivity index (χ0) is 17.1. The first-order valence-electron chi connectivity index (χ1n) is 7.92. The molecule has 6 nitrogen and oxygen atoms in total. The van der Waals surface area contributed by atoms with E-state index in [1.54, 1.807) is 19.9 Å². The quantitative estimate of drug-likeness (QED) is 0.899. The van der Waals surface area contributed by atoms with Crippen LogP contribution in [0.1, 0.15) is 28.0 Å². The number of para-hydroxylation sites is 2. The van der Waals surface area contributed by atoms with Gasteiger partial charge in [0.1, 0.15) is 18.3 Å². The van der Waals surface area contributed by atoms with Crippen molar-refractivity contribution in [1.82, 2.24) is 10.3 Å². The fourth-order valence-corrected chi connectivity index (χ4v) is 2.78. The zero-order valence-corrected chi connectivity index (χ0v) is 13.7. The van der Waals surface area contributed by atoms with Gasteiger partial charge in [-0.2, -0.15) is 0 Å². The van der Waals surface area contributed by atoms with E-state index in [2.05, 4.69) is 10.3 Å². The minimum Gasteiger partial charge on any atom is -0.486 e. The van der Waals surface area contributed by atoms with Crippen LogP contribution in [-0.2, 0) is 0 Å². The maximum absolute atomic E-state index is 12.2. The van der Waals surface area contributed by atoms with Crippen molar-refractivity contribution in [3.63, 3.8) is 0 Å². The number of rotatable bonds is 4. The van der Waals surface area contributed by atoms with Crippen LogP contribution in [-0.4, -0.2) is 30.1 Å². The van der Waals surface area contributed by atoms with Crippen molar-refractivity contribution < 1.29 is 14.3 Å². The second kappa shape index (κ2) is 6.78. The number of amides is 1. The molecule has 126 valence electrons. The number of aromatic amines is 1. The number of carbonyl (C=O) groups excluding carboxylic acids is 1. The number of carbonyl (C=O) groups is 1. The van der Waals surface area contributed by atoms with Gasteiger partial charge >= 0.3 is 0 Å². The molecule has 0 bridgehead atoms. The number of hydrogen-bond donors (Lipinski definition) is 2. The molecule has 2 heterocycles. The standard InChI is InChI=1S/C18H20N2O4/c1-11-9-12(2)20-18(22)16(11)17(21)19-8-7-13-10-23-14-5-3-4-6-15(14)24-13/h3-6,9,13H,7-8,10H2,1-2H3,(H,19,21)(H,20,22). The lowest BCUT2D eigenvalue weighted by Crippen LogP contribution is -2.36. The maximum atomic E-state index is 12.2. The molecule has 0 radical (unpaired) electrons. The summed E-state index contributed by atoms with van der Waals surface area (Å²) in [4.78, 5) is 26.8. The van der Waals surface area contributed by atoms with Crippen LogP contribution in [0.3, 0.4) is 0 Å². The smallest absolute Gasteiger partial charge is 0.261 e. The van der Waals surface area contributed by atoms with Crippen molar-refractivity contribution in [3.8, 4) is 11.5 Å². The Bertz CT molecular complexity index is 813. The van der Waals surface area contributed by atoms with E-state index < -0.39 is 0 Å². The van der Waals surface area contributed by atoms with E-state index in [0.29, 0.717) is 30.9 Å². The van der Waals surface area contributed by atoms with Crippen LogP contribution < -0.4 is 20.3 Å². The highest BCUT2D eigenvalue weighted by Gasteiger charge is 2.21. The van der Waals surface area contributed by atoms with E-state index in [4.69, 9.17) is 9.47 Å². The number of H-pyrrole nitrogens is 1. The first-order valence-corrected chi connectivity index (χ1v) is 7.92. The van der Waals surface area contributed by atoms with Crippen LogP contribution in [0.2, 0.25) is 0 Å². The Balaban J connectivity index is 1.56. The second-order valence-corrected chi connectivity index (χ2v) is 5.88. The predicted octanol–water partition coefficient (Wildman–Crippen LogP) is 1.95. The van der Waals surface area contributed by atoms with E-state index >= 15 is 0 Å². The molecule has 0 spiro atoms. The molecule has 0 saturated carbocycles. The third-order valence-electron chi connectivity index (χ3n) is 3.91. The van der Waals surface area contributed by atoms with Crippen LogP contribution in [0.25, 0.3) is 0 Å². The fourth-order valence-electron chi connectivity index (χ4n) is 2.78. The Labute approximate surface area is 139 Å². The molecule has 3 rings (SSSR count). The van der Waals surface area contributed by atoms with Gasteiger partial charge in [0.15, 0.2) is 11.5 Å². The highest BCUT2D eigenvalue weighted by atomic mass is 16.6. The Morgan fingerprint density at radius 2 is 2.04 bits per heavy atom. The Morgan fingerprint density at radius 3 is 2.79 bits per heavy atom. The summed E-state index contributed by atoms with van der Waals surface area (Å²) < 4.78 is 11.5. The van der Waals surface area contributed by atoms with Crippen LogP contribution in [0, 0.1) is 13.8 Å². The van der Waals surface area contributed by atoms with Gasteiger partial charge in [-0.15, -0.1) is 0 Å². The summed E-state index contributed by atoms with van der Waals surface area (Å²) in [5, 5.41) is 2.78. The van der Waals surface area contributed by atoms with Crippen LogP contribution in [0.4, 0.5) is 0 Å². The van der Waals surface area contributed by atoms with Gasteiger partial charge in [-0.1, -0.05) is 12.1 Å². The number of hydrogen-bond acceptors (Lipinski definition) is 4. The molecule has 1 aliphatic heterocycles. The lowest BCUT2D eigenvalue weighted by atomic mass is 10.1. The van der Waals surface area contributed by atoms with Gasteiger partial charge in [-0.3, -0.25) is 9.59 Å². The van der Waals surface area contributed by atoms with Gasteiger partial charge in [-0.05, 0) is 37.6 Å². The lowest BCUT2D eigenvalue weighted by molar-refractivity contribution is 0.0812. The molecule has 2 aromatic rings. The molecule has 24 heavy (non-hydrogen) atoms. The van der Waals surface area contributed by atoms with Crippen LogP contribution in [0.15, 0.2) is 35.1 Å². The molecule has 1 amide bonds. The van der Waals surface area contributed by atoms with Gasteiger partial charge in [0.2, 0.25) is 0 Å². The first-order chi connectivity index (χ1) is 11.5. The van der Waals surface area contributed by atoms with Crippen molar-refractivity contribution in [2.75, 3.05) is 13.2 Å². The number of fused-ring (bicyclic) bond motifs is 1. The van der Waals surface area contributed by atoms with Gasteiger partial charge in [0, 0.05) is 18.7 Å². The minimum atomic E-state index is -0.370. The third-order valence-corrected chi connectivity index (χ3v) is 3.91. The summed E-state index contributed by atoms with van der Waals surface area (Å²) in [7, 11) is 0. The number of pyridine rings is 1. The Kier molecular flexibility index (Phi) is 4.55. The van der Waals surface area contributed by atoms with Gasteiger partial charge < -0.3 is 19.8 Å². The molecule has 1 unspecified atom stereocenters. The predicted molar refractivity (Wildman–Crippen MR) is 89.8 cm³/mol. The summed E-state index contributed by atoms with van der Waals surface area (Å²) in [6.07, 6.45) is 0.473. The van der Waals surface area contributed by atoms with E-state index in [1.807, 2.05) is 24.3 Å². The average molecular weight is 328 g/mol. The fraction of sp³-hybridized carbons (Fsp3) is 0.333. The molecule has 0 aliphatic carbocycles. The minimum absolute atomic E-state index is 0.127. The molecule has 1 aromatic carbocycles. The summed E-state index contributed by atoms with van der Waals surface area (Å²) in [5.41, 5.74) is 1.20. The van der Waals surface area contributed by atoms with E-state index in [-0.39, 0.29) is 23.1 Å². The first kappa shape index (κ1) is 16.1. The van der Waals surface area contributed by atoms with E-state index in [9.17, 15) is 9.59 Å². The number of aromatic nitrogens is 1. The van der Waals surface area contributed by atoms with Crippen molar-refractivity contribution in [3.05, 3.63) is 57.5 Å². The van der Waals surface area contributed by atoms with E-state index in [0.717, 1.165) is 11.4 Å². The second-order valence-electron chi connectivity index (χ2n) is 5.88. The average Bonchev–Trinajstić information content (AvgIpc) is 2.54. The van der Waals surface area contributed by atoms with Crippen molar-refractivity contribution >= 4 is 5.91 Å². The SMILES string of the molecule is Cc1cc(C)c(C(=O)NCCC2COc3ccccc3O2)c(=O)[nH]1. The van der Waals surface area contributed by atoms with Gasteiger partial charge in [-0.25, -0.2) is 0 Å². The monoisotopic (exact) mass is 328 g/mol. The number of aryl methyl sites for hydroxylation is 2. The molecule has 1 aromatic heterocycles. The van der Waals surface area contributed by atoms with Crippen LogP contribution in [0.5, 0.6) is 11.5 Å². The third kappa shape index (κ3) is 3.42. The molecule has 1 atom stereocenters. The van der Waals surface area contributed by atoms with Crippen molar-refractivity contribution in [1.29, 1.82) is 0 Å². The molecular formula is C18H20N2O4. The van der Waals surface area contributed by atoms with E-state index in [1.165, 1.54) is 0 Å². The van der Waals surface area contributed by atoms with Gasteiger partial charge in [0.25, 0.3) is 11.5 Å². The Hall–Kier alpha value is -2.76. The topological polar surface area (TPSA) is 80.4 Å². The number of nitrogens with one attached hydrogen (secondary N) is 2. The maximum Gasteiger partial charge on any atom is 0.261 e. The molecule has 0 fully saturated rings. The summed E-state index contributed by atoms with van der Waals surface area (Å²) in [6, 6.07) is 9.28. The van der Waals surface area contributed by atoms with Crippen molar-refractivity contribution in [2.45, 2.75) is 26.4 Å².